The van der Waals surface area contributed by atoms with Crippen LogP contribution in [0.25, 0.3) is 5.69 Å². The van der Waals surface area contributed by atoms with E-state index in [1.807, 2.05) is 55.1 Å². The second-order valence-corrected chi connectivity index (χ2v) is 6.42. The van der Waals surface area contributed by atoms with Crippen LogP contribution in [0.2, 0.25) is 0 Å². The Hall–Kier alpha value is -3.54. The maximum atomic E-state index is 12.4. The van der Waals surface area contributed by atoms with Crippen LogP contribution in [0.3, 0.4) is 0 Å². The fraction of sp³-hybridized carbons (Fsp3) is 0.143. The number of hydrogen-bond donors (Lipinski definition) is 3. The topological polar surface area (TPSA) is 75.2 Å². The van der Waals surface area contributed by atoms with Crippen LogP contribution in [0.5, 0.6) is 0 Å². The van der Waals surface area contributed by atoms with Gasteiger partial charge in [0.2, 0.25) is 0 Å². The Morgan fingerprint density at radius 3 is 1.93 bits per heavy atom. The molecule has 3 aromatic rings. The lowest BCUT2D eigenvalue weighted by Crippen LogP contribution is -2.34. The molecule has 1 heterocycles. The van der Waals surface area contributed by atoms with Gasteiger partial charge < -0.3 is 20.5 Å². The van der Waals surface area contributed by atoms with Gasteiger partial charge >= 0.3 is 6.03 Å². The fourth-order valence-electron chi connectivity index (χ4n) is 2.56. The molecule has 0 saturated carbocycles. The van der Waals surface area contributed by atoms with Crippen molar-refractivity contribution >= 4 is 23.3 Å². The maximum absolute atomic E-state index is 12.4. The average molecular weight is 362 g/mol. The lowest BCUT2D eigenvalue weighted by Gasteiger charge is -2.11. The third-order valence-electron chi connectivity index (χ3n) is 3.85. The second kappa shape index (κ2) is 8.23. The number of hydrogen-bond acceptors (Lipinski definition) is 2. The van der Waals surface area contributed by atoms with Gasteiger partial charge in [0.15, 0.2) is 0 Å². The van der Waals surface area contributed by atoms with Gasteiger partial charge in [-0.25, -0.2) is 4.79 Å². The van der Waals surface area contributed by atoms with E-state index in [-0.39, 0.29) is 18.0 Å². The van der Waals surface area contributed by atoms with Crippen LogP contribution in [0.4, 0.5) is 16.2 Å². The lowest BCUT2D eigenvalue weighted by atomic mass is 10.2. The van der Waals surface area contributed by atoms with Crippen molar-refractivity contribution in [2.75, 3.05) is 10.6 Å². The van der Waals surface area contributed by atoms with E-state index in [1.165, 1.54) is 0 Å². The summed E-state index contributed by atoms with van der Waals surface area (Å²) < 4.78 is 1.98. The van der Waals surface area contributed by atoms with Crippen LogP contribution < -0.4 is 16.0 Å². The molecule has 0 aliphatic heterocycles. The normalized spacial score (nSPS) is 10.5. The summed E-state index contributed by atoms with van der Waals surface area (Å²) in [4.78, 5) is 24.1. The lowest BCUT2D eigenvalue weighted by molar-refractivity contribution is 0.102. The summed E-state index contributed by atoms with van der Waals surface area (Å²) in [6.45, 7) is 3.78. The van der Waals surface area contributed by atoms with Crippen molar-refractivity contribution in [3.8, 4) is 5.69 Å². The molecule has 0 fully saturated rings. The highest BCUT2D eigenvalue weighted by atomic mass is 16.2. The van der Waals surface area contributed by atoms with Crippen LogP contribution in [0.15, 0.2) is 73.1 Å². The summed E-state index contributed by atoms with van der Waals surface area (Å²) in [7, 11) is 0. The third kappa shape index (κ3) is 4.98. The SMILES string of the molecule is CC(C)NC(=O)Nc1ccc(NC(=O)c2ccc(-n3cccc3)cc2)cc1. The van der Waals surface area contributed by atoms with Gasteiger partial charge in [0.25, 0.3) is 5.91 Å². The molecule has 0 unspecified atom stereocenters. The Balaban J connectivity index is 1.60. The fourth-order valence-corrected chi connectivity index (χ4v) is 2.56. The molecule has 27 heavy (non-hydrogen) atoms. The van der Waals surface area contributed by atoms with Gasteiger partial charge in [-0.1, -0.05) is 0 Å². The molecule has 3 N–H and O–H groups in total. The Morgan fingerprint density at radius 1 is 0.815 bits per heavy atom. The first-order valence-corrected chi connectivity index (χ1v) is 8.73. The van der Waals surface area contributed by atoms with E-state index in [0.29, 0.717) is 16.9 Å². The summed E-state index contributed by atoms with van der Waals surface area (Å²) in [5.74, 6) is -0.188. The van der Waals surface area contributed by atoms with Crippen molar-refractivity contribution in [3.05, 3.63) is 78.6 Å². The highest BCUT2D eigenvalue weighted by Crippen LogP contribution is 2.16. The number of nitrogens with one attached hydrogen (secondary N) is 3. The van der Waals surface area contributed by atoms with E-state index in [0.717, 1.165) is 5.69 Å². The minimum atomic E-state index is -0.260. The maximum Gasteiger partial charge on any atom is 0.319 e. The zero-order chi connectivity index (χ0) is 19.2. The minimum Gasteiger partial charge on any atom is -0.336 e. The van der Waals surface area contributed by atoms with E-state index in [9.17, 15) is 9.59 Å². The van der Waals surface area contributed by atoms with E-state index >= 15 is 0 Å². The van der Waals surface area contributed by atoms with E-state index in [1.54, 1.807) is 36.4 Å². The largest absolute Gasteiger partial charge is 0.336 e. The molecule has 6 heteroatoms. The van der Waals surface area contributed by atoms with Gasteiger partial charge in [0.05, 0.1) is 0 Å². The van der Waals surface area contributed by atoms with Crippen LogP contribution in [0, 0.1) is 0 Å². The molecule has 0 bridgehead atoms. The van der Waals surface area contributed by atoms with Gasteiger partial charge in [-0.2, -0.15) is 0 Å². The Labute approximate surface area is 158 Å². The molecule has 0 radical (unpaired) electrons. The van der Waals surface area contributed by atoms with Crippen LogP contribution >= 0.6 is 0 Å². The van der Waals surface area contributed by atoms with Gasteiger partial charge in [-0.15, -0.1) is 0 Å². The predicted octanol–water partition coefficient (Wildman–Crippen LogP) is 4.26. The second-order valence-electron chi connectivity index (χ2n) is 6.42. The molecule has 3 rings (SSSR count). The number of benzene rings is 2. The standard InChI is InChI=1S/C21H22N4O2/c1-15(2)22-21(27)24-18-9-7-17(8-10-18)23-20(26)16-5-11-19(12-6-16)25-13-3-4-14-25/h3-15H,1-2H3,(H,23,26)(H2,22,24,27). The van der Waals surface area contributed by atoms with Crippen LogP contribution in [0.1, 0.15) is 24.2 Å². The van der Waals surface area contributed by atoms with Gasteiger partial charge in [0.1, 0.15) is 0 Å². The number of aromatic nitrogens is 1. The number of amides is 3. The Kier molecular flexibility index (Phi) is 5.56. The van der Waals surface area contributed by atoms with Gasteiger partial charge in [-0.3, -0.25) is 4.79 Å². The van der Waals surface area contributed by atoms with Gasteiger partial charge in [-0.05, 0) is 74.5 Å². The highest BCUT2D eigenvalue weighted by molar-refractivity contribution is 6.04. The molecule has 6 nitrogen and oxygen atoms in total. The van der Waals surface area contributed by atoms with Gasteiger partial charge in [0, 0.05) is 41.1 Å². The molecule has 1 aromatic heterocycles. The molecule has 3 amide bonds. The molecular weight excluding hydrogens is 340 g/mol. The molecule has 2 aromatic carbocycles. The number of carbonyl (C=O) groups excluding carboxylic acids is 2. The predicted molar refractivity (Wildman–Crippen MR) is 107 cm³/mol. The summed E-state index contributed by atoms with van der Waals surface area (Å²) in [6.07, 6.45) is 3.90. The smallest absolute Gasteiger partial charge is 0.319 e. The summed E-state index contributed by atoms with van der Waals surface area (Å²) in [5, 5.41) is 8.34. The highest BCUT2D eigenvalue weighted by Gasteiger charge is 2.07. The molecule has 0 spiro atoms. The van der Waals surface area contributed by atoms with Crippen LogP contribution in [-0.4, -0.2) is 22.5 Å². The van der Waals surface area contributed by atoms with Crippen molar-refractivity contribution in [2.24, 2.45) is 0 Å². The number of urea groups is 1. The average Bonchev–Trinajstić information content (AvgIpc) is 3.17. The quantitative estimate of drug-likeness (QED) is 0.634. The first kappa shape index (κ1) is 18.3. The summed E-state index contributed by atoms with van der Waals surface area (Å²) in [5.41, 5.74) is 2.88. The molecule has 138 valence electrons. The first-order valence-electron chi connectivity index (χ1n) is 8.73. The summed E-state index contributed by atoms with van der Waals surface area (Å²) in [6, 6.07) is 18.1. The molecule has 0 saturated heterocycles. The molecule has 0 atom stereocenters. The third-order valence-corrected chi connectivity index (χ3v) is 3.85. The molecule has 0 aliphatic rings. The van der Waals surface area contributed by atoms with Crippen molar-refractivity contribution in [2.45, 2.75) is 19.9 Å². The first-order chi connectivity index (χ1) is 13.0. The zero-order valence-corrected chi connectivity index (χ0v) is 15.3. The Bertz CT molecular complexity index is 898. The van der Waals surface area contributed by atoms with Crippen molar-refractivity contribution in [3.63, 3.8) is 0 Å². The van der Waals surface area contributed by atoms with Crippen molar-refractivity contribution in [1.82, 2.24) is 9.88 Å². The number of carbonyl (C=O) groups is 2. The molecule has 0 aliphatic carbocycles. The number of anilines is 2. The van der Waals surface area contributed by atoms with Crippen molar-refractivity contribution in [1.29, 1.82) is 0 Å². The monoisotopic (exact) mass is 362 g/mol. The van der Waals surface area contributed by atoms with Crippen molar-refractivity contribution < 1.29 is 9.59 Å². The van der Waals surface area contributed by atoms with E-state index in [2.05, 4.69) is 16.0 Å². The van der Waals surface area contributed by atoms with E-state index in [4.69, 9.17) is 0 Å². The van der Waals surface area contributed by atoms with E-state index < -0.39 is 0 Å². The summed E-state index contributed by atoms with van der Waals surface area (Å²) >= 11 is 0. The Morgan fingerprint density at radius 2 is 1.37 bits per heavy atom. The number of nitrogens with zero attached hydrogens (tertiary/aromatic N) is 1. The minimum absolute atomic E-state index is 0.0625. The zero-order valence-electron chi connectivity index (χ0n) is 15.3. The van der Waals surface area contributed by atoms with Crippen LogP contribution in [-0.2, 0) is 0 Å². The number of rotatable bonds is 5. The molecular formula is C21H22N4O2.